The van der Waals surface area contributed by atoms with Crippen LogP contribution in [-0.4, -0.2) is 9.97 Å². The number of nitrogen functional groups attached to an aromatic ring is 1. The number of nitrogens with two attached hydrogens (primary N) is 1. The van der Waals surface area contributed by atoms with Crippen LogP contribution in [0.15, 0.2) is 53.1 Å². The van der Waals surface area contributed by atoms with Crippen molar-refractivity contribution < 1.29 is 4.42 Å². The van der Waals surface area contributed by atoms with Crippen molar-refractivity contribution in [3.8, 4) is 11.5 Å². The molecule has 0 spiro atoms. The van der Waals surface area contributed by atoms with Gasteiger partial charge in [0.1, 0.15) is 5.52 Å². The van der Waals surface area contributed by atoms with Gasteiger partial charge in [-0.05, 0) is 30.3 Å². The molecule has 4 nitrogen and oxygen atoms in total. The van der Waals surface area contributed by atoms with Crippen LogP contribution in [0.4, 0.5) is 5.69 Å². The summed E-state index contributed by atoms with van der Waals surface area (Å²) >= 11 is 6.01. The summed E-state index contributed by atoms with van der Waals surface area (Å²) < 4.78 is 5.77. The van der Waals surface area contributed by atoms with E-state index in [-0.39, 0.29) is 0 Å². The molecule has 102 valence electrons. The van der Waals surface area contributed by atoms with E-state index in [9.17, 15) is 0 Å². The zero-order chi connectivity index (χ0) is 14.4. The summed E-state index contributed by atoms with van der Waals surface area (Å²) in [5.41, 5.74) is 9.40. The van der Waals surface area contributed by atoms with Crippen LogP contribution in [0.5, 0.6) is 0 Å². The van der Waals surface area contributed by atoms with Gasteiger partial charge >= 0.3 is 0 Å². The molecule has 0 radical (unpaired) electrons. The number of halogens is 1. The number of nitrogens with zero attached hydrogens (tertiary/aromatic N) is 2. The lowest BCUT2D eigenvalue weighted by Crippen LogP contribution is -1.84. The average Bonchev–Trinajstić information content (AvgIpc) is 2.90. The van der Waals surface area contributed by atoms with Crippen molar-refractivity contribution in [2.75, 3.05) is 5.73 Å². The van der Waals surface area contributed by atoms with E-state index in [0.717, 1.165) is 16.5 Å². The number of anilines is 1. The SMILES string of the molecule is Nc1cc2oc(-c3ccc4ncccc4c3)nc2cc1Cl. The zero-order valence-corrected chi connectivity index (χ0v) is 11.6. The number of benzene rings is 2. The van der Waals surface area contributed by atoms with Crippen LogP contribution in [0.2, 0.25) is 5.02 Å². The Morgan fingerprint density at radius 1 is 1.05 bits per heavy atom. The molecule has 4 aromatic rings. The predicted octanol–water partition coefficient (Wildman–Crippen LogP) is 4.28. The van der Waals surface area contributed by atoms with Crippen LogP contribution in [0.1, 0.15) is 0 Å². The summed E-state index contributed by atoms with van der Waals surface area (Å²) in [5, 5.41) is 1.51. The number of rotatable bonds is 1. The van der Waals surface area contributed by atoms with Gasteiger partial charge in [-0.15, -0.1) is 0 Å². The summed E-state index contributed by atoms with van der Waals surface area (Å²) in [6, 6.07) is 13.2. The summed E-state index contributed by atoms with van der Waals surface area (Å²) in [6.07, 6.45) is 1.77. The highest BCUT2D eigenvalue weighted by molar-refractivity contribution is 6.33. The van der Waals surface area contributed by atoms with Crippen molar-refractivity contribution in [3.05, 3.63) is 53.7 Å². The first-order valence-corrected chi connectivity index (χ1v) is 6.79. The van der Waals surface area contributed by atoms with Gasteiger partial charge < -0.3 is 10.2 Å². The first-order chi connectivity index (χ1) is 10.2. The van der Waals surface area contributed by atoms with Crippen molar-refractivity contribution >= 4 is 39.3 Å². The van der Waals surface area contributed by atoms with Crippen LogP contribution in [0, 0.1) is 0 Å². The Morgan fingerprint density at radius 3 is 2.86 bits per heavy atom. The molecule has 2 aromatic carbocycles. The van der Waals surface area contributed by atoms with Gasteiger partial charge in [-0.1, -0.05) is 17.7 Å². The largest absolute Gasteiger partial charge is 0.436 e. The Bertz CT molecular complexity index is 939. The van der Waals surface area contributed by atoms with Gasteiger partial charge in [-0.3, -0.25) is 4.98 Å². The van der Waals surface area contributed by atoms with Crippen molar-refractivity contribution in [1.29, 1.82) is 0 Å². The first kappa shape index (κ1) is 12.2. The molecule has 0 amide bonds. The molecule has 0 fully saturated rings. The van der Waals surface area contributed by atoms with Crippen LogP contribution in [0.25, 0.3) is 33.5 Å². The van der Waals surface area contributed by atoms with Crippen molar-refractivity contribution in [1.82, 2.24) is 9.97 Å². The number of oxazole rings is 1. The lowest BCUT2D eigenvalue weighted by atomic mass is 10.1. The van der Waals surface area contributed by atoms with Crippen molar-refractivity contribution in [2.24, 2.45) is 0 Å². The third kappa shape index (κ3) is 2.00. The van der Waals surface area contributed by atoms with Gasteiger partial charge in [0.15, 0.2) is 5.58 Å². The maximum Gasteiger partial charge on any atom is 0.227 e. The van der Waals surface area contributed by atoms with E-state index < -0.39 is 0 Å². The van der Waals surface area contributed by atoms with E-state index in [4.69, 9.17) is 21.8 Å². The molecule has 2 heterocycles. The normalized spacial score (nSPS) is 11.3. The molecule has 0 atom stereocenters. The molecule has 0 saturated heterocycles. The molecule has 0 bridgehead atoms. The van der Waals surface area contributed by atoms with E-state index in [1.807, 2.05) is 30.3 Å². The fraction of sp³-hybridized carbons (Fsp3) is 0. The van der Waals surface area contributed by atoms with E-state index in [1.54, 1.807) is 18.3 Å². The Kier molecular flexibility index (Phi) is 2.59. The molecule has 0 saturated carbocycles. The lowest BCUT2D eigenvalue weighted by Gasteiger charge is -1.98. The van der Waals surface area contributed by atoms with Crippen molar-refractivity contribution in [2.45, 2.75) is 0 Å². The highest BCUT2D eigenvalue weighted by Crippen LogP contribution is 2.30. The molecule has 5 heteroatoms. The maximum atomic E-state index is 6.01. The summed E-state index contributed by atoms with van der Waals surface area (Å²) in [7, 11) is 0. The second-order valence-corrected chi connectivity index (χ2v) is 5.18. The Hall–Kier alpha value is -2.59. The number of aromatic nitrogens is 2. The van der Waals surface area contributed by atoms with E-state index in [0.29, 0.717) is 27.7 Å². The Labute approximate surface area is 125 Å². The number of fused-ring (bicyclic) bond motifs is 2. The van der Waals surface area contributed by atoms with E-state index >= 15 is 0 Å². The van der Waals surface area contributed by atoms with Gasteiger partial charge in [0, 0.05) is 23.2 Å². The third-order valence-corrected chi connectivity index (χ3v) is 3.68. The lowest BCUT2D eigenvalue weighted by molar-refractivity contribution is 0.620. The van der Waals surface area contributed by atoms with Gasteiger partial charge in [0.05, 0.1) is 16.2 Å². The molecule has 4 rings (SSSR count). The Balaban J connectivity index is 1.91. The molecule has 0 aliphatic heterocycles. The number of pyridine rings is 1. The van der Waals surface area contributed by atoms with E-state index in [1.165, 1.54) is 0 Å². The topological polar surface area (TPSA) is 64.9 Å². The molecule has 0 aliphatic carbocycles. The Morgan fingerprint density at radius 2 is 1.95 bits per heavy atom. The molecular weight excluding hydrogens is 286 g/mol. The smallest absolute Gasteiger partial charge is 0.227 e. The van der Waals surface area contributed by atoms with Crippen LogP contribution in [0.3, 0.4) is 0 Å². The molecule has 0 unspecified atom stereocenters. The molecule has 21 heavy (non-hydrogen) atoms. The van der Waals surface area contributed by atoms with Crippen LogP contribution in [-0.2, 0) is 0 Å². The second-order valence-electron chi connectivity index (χ2n) is 4.77. The first-order valence-electron chi connectivity index (χ1n) is 6.41. The van der Waals surface area contributed by atoms with E-state index in [2.05, 4.69) is 9.97 Å². The fourth-order valence-corrected chi connectivity index (χ4v) is 2.45. The van der Waals surface area contributed by atoms with Gasteiger partial charge in [0.2, 0.25) is 5.89 Å². The highest BCUT2D eigenvalue weighted by atomic mass is 35.5. The molecule has 0 aliphatic rings. The zero-order valence-electron chi connectivity index (χ0n) is 10.9. The van der Waals surface area contributed by atoms with Crippen LogP contribution >= 0.6 is 11.6 Å². The standard InChI is InChI=1S/C16H10ClN3O/c17-11-7-14-15(8-12(11)18)21-16(20-14)10-3-4-13-9(6-10)2-1-5-19-13/h1-8H,18H2. The monoisotopic (exact) mass is 295 g/mol. The number of hydrogen-bond acceptors (Lipinski definition) is 4. The second kappa shape index (κ2) is 4.46. The van der Waals surface area contributed by atoms with Crippen LogP contribution < -0.4 is 5.73 Å². The van der Waals surface area contributed by atoms with Gasteiger partial charge in [0.25, 0.3) is 0 Å². The minimum atomic E-state index is 0.477. The average molecular weight is 296 g/mol. The quantitative estimate of drug-likeness (QED) is 0.532. The summed E-state index contributed by atoms with van der Waals surface area (Å²) in [6.45, 7) is 0. The fourth-order valence-electron chi connectivity index (χ4n) is 2.30. The third-order valence-electron chi connectivity index (χ3n) is 3.36. The van der Waals surface area contributed by atoms with Gasteiger partial charge in [-0.25, -0.2) is 4.98 Å². The maximum absolute atomic E-state index is 6.01. The molecule has 2 N–H and O–H groups in total. The van der Waals surface area contributed by atoms with Crippen molar-refractivity contribution in [3.63, 3.8) is 0 Å². The molecule has 2 aromatic heterocycles. The van der Waals surface area contributed by atoms with Gasteiger partial charge in [-0.2, -0.15) is 0 Å². The minimum absolute atomic E-state index is 0.477. The predicted molar refractivity (Wildman–Crippen MR) is 84.2 cm³/mol. The highest BCUT2D eigenvalue weighted by Gasteiger charge is 2.11. The molecular formula is C16H10ClN3O. The summed E-state index contributed by atoms with van der Waals surface area (Å²) in [5.74, 6) is 0.539. The summed E-state index contributed by atoms with van der Waals surface area (Å²) in [4.78, 5) is 8.76. The minimum Gasteiger partial charge on any atom is -0.436 e. The number of hydrogen-bond donors (Lipinski definition) is 1.